The Balaban J connectivity index is 1.69. The van der Waals surface area contributed by atoms with Gasteiger partial charge in [-0.3, -0.25) is 4.79 Å². The molecule has 1 atom stereocenters. The van der Waals surface area contributed by atoms with Crippen LogP contribution in [0.3, 0.4) is 0 Å². The topological polar surface area (TPSA) is 84.0 Å². The zero-order chi connectivity index (χ0) is 21.4. The van der Waals surface area contributed by atoms with Crippen molar-refractivity contribution in [3.63, 3.8) is 0 Å². The summed E-state index contributed by atoms with van der Waals surface area (Å²) in [7, 11) is 0. The minimum absolute atomic E-state index is 0.0183. The van der Waals surface area contributed by atoms with Gasteiger partial charge in [0.05, 0.1) is 19.3 Å². The number of hydrogen-bond donors (Lipinski definition) is 3. The second-order valence-electron chi connectivity index (χ2n) is 7.49. The van der Waals surface area contributed by atoms with Gasteiger partial charge in [0.1, 0.15) is 0 Å². The van der Waals surface area contributed by atoms with E-state index in [1.165, 1.54) is 0 Å². The lowest BCUT2D eigenvalue weighted by atomic mass is 10.1. The molecule has 7 nitrogen and oxygen atoms in total. The molecule has 1 unspecified atom stereocenters. The fraction of sp³-hybridized carbons (Fsp3) is 0.652. The van der Waals surface area contributed by atoms with Gasteiger partial charge in [0.15, 0.2) is 5.96 Å². The SMILES string of the molecule is CCCCNC(=O)c1ccc(CN=C(NCC)NCCCOCC2CCCO2)cc1. The van der Waals surface area contributed by atoms with Gasteiger partial charge in [-0.05, 0) is 50.3 Å². The van der Waals surface area contributed by atoms with Crippen molar-refractivity contribution in [1.82, 2.24) is 16.0 Å². The molecule has 1 aromatic rings. The van der Waals surface area contributed by atoms with E-state index in [1.807, 2.05) is 31.2 Å². The fourth-order valence-corrected chi connectivity index (χ4v) is 3.13. The number of aliphatic imine (C=N–C) groups is 1. The summed E-state index contributed by atoms with van der Waals surface area (Å²) < 4.78 is 11.2. The first-order chi connectivity index (χ1) is 14.7. The Labute approximate surface area is 181 Å². The van der Waals surface area contributed by atoms with Crippen molar-refractivity contribution in [3.8, 4) is 0 Å². The van der Waals surface area contributed by atoms with Crippen LogP contribution >= 0.6 is 0 Å². The highest BCUT2D eigenvalue weighted by Gasteiger charge is 2.14. The maximum atomic E-state index is 12.1. The van der Waals surface area contributed by atoms with Gasteiger partial charge in [0, 0.05) is 38.4 Å². The number of nitrogens with one attached hydrogen (secondary N) is 3. The Kier molecular flexibility index (Phi) is 11.9. The normalized spacial score (nSPS) is 16.5. The molecule has 1 aliphatic heterocycles. The quantitative estimate of drug-likeness (QED) is 0.261. The Morgan fingerprint density at radius 3 is 2.63 bits per heavy atom. The summed E-state index contributed by atoms with van der Waals surface area (Å²) in [4.78, 5) is 16.7. The summed E-state index contributed by atoms with van der Waals surface area (Å²) in [5.74, 6) is 0.772. The molecule has 0 spiro atoms. The number of guanidine groups is 1. The lowest BCUT2D eigenvalue weighted by molar-refractivity contribution is 0.0168. The third kappa shape index (κ3) is 9.59. The number of benzene rings is 1. The summed E-state index contributed by atoms with van der Waals surface area (Å²) in [5.41, 5.74) is 1.75. The van der Waals surface area contributed by atoms with Crippen molar-refractivity contribution in [2.45, 2.75) is 58.6 Å². The Morgan fingerprint density at radius 1 is 1.13 bits per heavy atom. The molecule has 3 N–H and O–H groups in total. The number of rotatable bonds is 13. The van der Waals surface area contributed by atoms with E-state index in [4.69, 9.17) is 9.47 Å². The van der Waals surface area contributed by atoms with Crippen molar-refractivity contribution >= 4 is 11.9 Å². The highest BCUT2D eigenvalue weighted by molar-refractivity contribution is 5.94. The molecule has 0 aliphatic carbocycles. The Bertz CT molecular complexity index is 628. The van der Waals surface area contributed by atoms with E-state index in [0.717, 1.165) is 69.9 Å². The van der Waals surface area contributed by atoms with Crippen LogP contribution in [0.5, 0.6) is 0 Å². The van der Waals surface area contributed by atoms with E-state index in [2.05, 4.69) is 27.9 Å². The summed E-state index contributed by atoms with van der Waals surface area (Å²) in [6.07, 6.45) is 5.53. The third-order valence-electron chi connectivity index (χ3n) is 4.88. The van der Waals surface area contributed by atoms with Crippen LogP contribution in [0.2, 0.25) is 0 Å². The molecule has 0 bridgehead atoms. The molecule has 1 amide bonds. The molecule has 1 saturated heterocycles. The predicted octanol–water partition coefficient (Wildman–Crippen LogP) is 2.86. The number of carbonyl (C=O) groups excluding carboxylic acids is 1. The zero-order valence-corrected chi connectivity index (χ0v) is 18.5. The van der Waals surface area contributed by atoms with Gasteiger partial charge < -0.3 is 25.4 Å². The van der Waals surface area contributed by atoms with E-state index in [-0.39, 0.29) is 12.0 Å². The monoisotopic (exact) mass is 418 g/mol. The maximum Gasteiger partial charge on any atom is 0.251 e. The van der Waals surface area contributed by atoms with Crippen LogP contribution < -0.4 is 16.0 Å². The lowest BCUT2D eigenvalue weighted by Gasteiger charge is -2.13. The van der Waals surface area contributed by atoms with Crippen molar-refractivity contribution in [2.75, 3.05) is 39.5 Å². The minimum atomic E-state index is -0.0183. The van der Waals surface area contributed by atoms with Crippen LogP contribution in [0.1, 0.15) is 61.9 Å². The molecule has 1 aromatic carbocycles. The smallest absolute Gasteiger partial charge is 0.251 e. The van der Waals surface area contributed by atoms with E-state index < -0.39 is 0 Å². The number of hydrogen-bond acceptors (Lipinski definition) is 4. The zero-order valence-electron chi connectivity index (χ0n) is 18.5. The van der Waals surface area contributed by atoms with Gasteiger partial charge in [0.25, 0.3) is 5.91 Å². The van der Waals surface area contributed by atoms with Gasteiger partial charge >= 0.3 is 0 Å². The molecular formula is C23H38N4O3. The molecule has 0 saturated carbocycles. The maximum absolute atomic E-state index is 12.1. The molecular weight excluding hydrogens is 380 g/mol. The van der Waals surface area contributed by atoms with Crippen LogP contribution in [-0.2, 0) is 16.0 Å². The highest BCUT2D eigenvalue weighted by atomic mass is 16.5. The summed E-state index contributed by atoms with van der Waals surface area (Å²) in [6.45, 7) is 9.32. The van der Waals surface area contributed by atoms with Crippen LogP contribution in [0.15, 0.2) is 29.3 Å². The number of ether oxygens (including phenoxy) is 2. The van der Waals surface area contributed by atoms with Crippen molar-refractivity contribution in [2.24, 2.45) is 4.99 Å². The number of amides is 1. The van der Waals surface area contributed by atoms with Gasteiger partial charge in [0.2, 0.25) is 0 Å². The molecule has 1 heterocycles. The fourth-order valence-electron chi connectivity index (χ4n) is 3.13. The molecule has 1 fully saturated rings. The standard InChI is InChI=1S/C23H38N4O3/c1-3-5-13-25-22(28)20-11-9-19(10-12-20)17-27-23(24-4-2)26-14-7-15-29-18-21-8-6-16-30-21/h9-12,21H,3-8,13-18H2,1-2H3,(H,25,28)(H2,24,26,27). The number of carbonyl (C=O) groups is 1. The molecule has 0 aromatic heterocycles. The number of nitrogens with zero attached hydrogens (tertiary/aromatic N) is 1. The van der Waals surface area contributed by atoms with E-state index in [0.29, 0.717) is 25.3 Å². The average molecular weight is 419 g/mol. The van der Waals surface area contributed by atoms with Crippen LogP contribution in [0.4, 0.5) is 0 Å². The Morgan fingerprint density at radius 2 is 1.93 bits per heavy atom. The van der Waals surface area contributed by atoms with Gasteiger partial charge in [-0.25, -0.2) is 4.99 Å². The molecule has 168 valence electrons. The van der Waals surface area contributed by atoms with Crippen LogP contribution in [0, 0.1) is 0 Å². The van der Waals surface area contributed by atoms with Gasteiger partial charge in [-0.1, -0.05) is 25.5 Å². The van der Waals surface area contributed by atoms with Crippen LogP contribution in [0.25, 0.3) is 0 Å². The van der Waals surface area contributed by atoms with E-state index in [1.54, 1.807) is 0 Å². The Hall–Kier alpha value is -2.12. The summed E-state index contributed by atoms with van der Waals surface area (Å²) in [6, 6.07) is 7.64. The second kappa shape index (κ2) is 14.8. The highest BCUT2D eigenvalue weighted by Crippen LogP contribution is 2.11. The largest absolute Gasteiger partial charge is 0.379 e. The van der Waals surface area contributed by atoms with Crippen LogP contribution in [-0.4, -0.2) is 57.4 Å². The van der Waals surface area contributed by atoms with E-state index >= 15 is 0 Å². The molecule has 7 heteroatoms. The third-order valence-corrected chi connectivity index (χ3v) is 4.88. The van der Waals surface area contributed by atoms with Crippen molar-refractivity contribution < 1.29 is 14.3 Å². The minimum Gasteiger partial charge on any atom is -0.379 e. The van der Waals surface area contributed by atoms with Crippen molar-refractivity contribution in [1.29, 1.82) is 0 Å². The van der Waals surface area contributed by atoms with Crippen molar-refractivity contribution in [3.05, 3.63) is 35.4 Å². The lowest BCUT2D eigenvalue weighted by Crippen LogP contribution is -2.38. The summed E-state index contributed by atoms with van der Waals surface area (Å²) >= 11 is 0. The molecule has 30 heavy (non-hydrogen) atoms. The molecule has 2 rings (SSSR count). The first kappa shape index (κ1) is 24.2. The predicted molar refractivity (Wildman–Crippen MR) is 121 cm³/mol. The average Bonchev–Trinajstić information content (AvgIpc) is 3.28. The van der Waals surface area contributed by atoms with Gasteiger partial charge in [-0.2, -0.15) is 0 Å². The van der Waals surface area contributed by atoms with Gasteiger partial charge in [-0.15, -0.1) is 0 Å². The first-order valence-corrected chi connectivity index (χ1v) is 11.3. The van der Waals surface area contributed by atoms with E-state index in [9.17, 15) is 4.79 Å². The first-order valence-electron chi connectivity index (χ1n) is 11.3. The number of unbranched alkanes of at least 4 members (excludes halogenated alkanes) is 1. The summed E-state index contributed by atoms with van der Waals surface area (Å²) in [5, 5.41) is 9.54. The molecule has 0 radical (unpaired) electrons. The second-order valence-corrected chi connectivity index (χ2v) is 7.49. The molecule has 1 aliphatic rings.